The number of hydrogen-bond acceptors (Lipinski definition) is 4. The third-order valence-electron chi connectivity index (χ3n) is 3.85. The van der Waals surface area contributed by atoms with E-state index in [2.05, 4.69) is 29.1 Å². The van der Waals surface area contributed by atoms with E-state index in [4.69, 9.17) is 5.73 Å². The van der Waals surface area contributed by atoms with Crippen LogP contribution in [0.1, 0.15) is 11.6 Å². The third-order valence-corrected chi connectivity index (χ3v) is 4.90. The van der Waals surface area contributed by atoms with Crippen LogP contribution in [-0.2, 0) is 0 Å². The fourth-order valence-corrected chi connectivity index (χ4v) is 3.86. The number of likely N-dealkylation sites (N-methyl/N-ethyl adjacent to an activating group) is 1. The summed E-state index contributed by atoms with van der Waals surface area (Å²) in [6.45, 7) is 1.12. The zero-order valence-electron chi connectivity index (χ0n) is 11.1. The van der Waals surface area contributed by atoms with Crippen molar-refractivity contribution in [2.24, 2.45) is 5.73 Å². The minimum absolute atomic E-state index is 0.0370. The predicted octanol–water partition coefficient (Wildman–Crippen LogP) is 2.28. The van der Waals surface area contributed by atoms with Gasteiger partial charge in [0.25, 0.3) is 0 Å². The van der Waals surface area contributed by atoms with Gasteiger partial charge >= 0.3 is 0 Å². The quantitative estimate of drug-likeness (QED) is 0.911. The van der Waals surface area contributed by atoms with E-state index in [0.29, 0.717) is 6.04 Å². The second kappa shape index (κ2) is 5.49. The average Bonchev–Trinajstić information content (AvgIpc) is 2.46. The zero-order chi connectivity index (χ0) is 13.2. The molecule has 0 amide bonds. The fourth-order valence-electron chi connectivity index (χ4n) is 2.58. The molecular weight excluding hydrogens is 254 g/mol. The highest BCUT2D eigenvalue weighted by atomic mass is 32.2. The molecule has 1 fully saturated rings. The van der Waals surface area contributed by atoms with Crippen molar-refractivity contribution < 1.29 is 0 Å². The molecule has 0 bridgehead atoms. The van der Waals surface area contributed by atoms with Crippen molar-refractivity contribution >= 4 is 22.7 Å². The Morgan fingerprint density at radius 1 is 1.42 bits per heavy atom. The Morgan fingerprint density at radius 2 is 2.26 bits per heavy atom. The standard InChI is InChI=1S/C15H19N3S/c1-18-6-7-19-10-14(18)15(16)12-8-11-4-2-3-5-13(11)17-9-12/h2-5,8-9,14-15H,6-7,10,16H2,1H3. The molecule has 1 aliphatic rings. The number of pyridine rings is 1. The van der Waals surface area contributed by atoms with Gasteiger partial charge in [-0.15, -0.1) is 0 Å². The lowest BCUT2D eigenvalue weighted by atomic mass is 10.0. The van der Waals surface area contributed by atoms with Gasteiger partial charge in [-0.2, -0.15) is 11.8 Å². The highest BCUT2D eigenvalue weighted by Gasteiger charge is 2.26. The van der Waals surface area contributed by atoms with Crippen molar-refractivity contribution in [2.45, 2.75) is 12.1 Å². The van der Waals surface area contributed by atoms with E-state index >= 15 is 0 Å². The maximum absolute atomic E-state index is 6.46. The van der Waals surface area contributed by atoms with E-state index in [9.17, 15) is 0 Å². The van der Waals surface area contributed by atoms with Gasteiger partial charge in [0.2, 0.25) is 0 Å². The van der Waals surface area contributed by atoms with Crippen LogP contribution in [0.4, 0.5) is 0 Å². The lowest BCUT2D eigenvalue weighted by molar-refractivity contribution is 0.237. The first-order valence-electron chi connectivity index (χ1n) is 6.64. The van der Waals surface area contributed by atoms with Crippen LogP contribution in [0.15, 0.2) is 36.5 Å². The van der Waals surface area contributed by atoms with Crippen LogP contribution in [0.5, 0.6) is 0 Å². The molecule has 2 heterocycles. The van der Waals surface area contributed by atoms with E-state index in [-0.39, 0.29) is 6.04 Å². The molecule has 100 valence electrons. The maximum atomic E-state index is 6.46. The smallest absolute Gasteiger partial charge is 0.0702 e. The second-order valence-corrected chi connectivity index (χ2v) is 6.26. The molecule has 1 aliphatic heterocycles. The Kier molecular flexibility index (Phi) is 3.73. The molecule has 0 spiro atoms. The Hall–Kier alpha value is -1.10. The first-order valence-corrected chi connectivity index (χ1v) is 7.79. The molecule has 0 aliphatic carbocycles. The summed E-state index contributed by atoms with van der Waals surface area (Å²) < 4.78 is 0. The van der Waals surface area contributed by atoms with Gasteiger partial charge in [-0.1, -0.05) is 18.2 Å². The number of para-hydroxylation sites is 1. The number of nitrogens with zero attached hydrogens (tertiary/aromatic N) is 2. The summed E-state index contributed by atoms with van der Waals surface area (Å²) in [5.41, 5.74) is 8.63. The summed E-state index contributed by atoms with van der Waals surface area (Å²) >= 11 is 1.99. The first-order chi connectivity index (χ1) is 9.25. The highest BCUT2D eigenvalue weighted by Crippen LogP contribution is 2.26. The van der Waals surface area contributed by atoms with Gasteiger partial charge in [0.15, 0.2) is 0 Å². The molecule has 0 saturated carbocycles. The summed E-state index contributed by atoms with van der Waals surface area (Å²) in [6, 6.07) is 10.8. The molecule has 1 aromatic carbocycles. The minimum Gasteiger partial charge on any atom is -0.323 e. The van der Waals surface area contributed by atoms with Gasteiger partial charge in [-0.05, 0) is 24.7 Å². The van der Waals surface area contributed by atoms with Crippen molar-refractivity contribution in [1.29, 1.82) is 0 Å². The summed E-state index contributed by atoms with van der Waals surface area (Å²) in [5, 5.41) is 1.17. The van der Waals surface area contributed by atoms with Crippen LogP contribution in [0.2, 0.25) is 0 Å². The fraction of sp³-hybridized carbons (Fsp3) is 0.400. The van der Waals surface area contributed by atoms with E-state index in [1.54, 1.807) is 0 Å². The Morgan fingerprint density at radius 3 is 3.11 bits per heavy atom. The molecule has 19 heavy (non-hydrogen) atoms. The van der Waals surface area contributed by atoms with Crippen molar-refractivity contribution in [3.63, 3.8) is 0 Å². The second-order valence-electron chi connectivity index (χ2n) is 5.11. The number of fused-ring (bicyclic) bond motifs is 1. The lowest BCUT2D eigenvalue weighted by Crippen LogP contribution is -2.46. The van der Waals surface area contributed by atoms with Crippen LogP contribution < -0.4 is 5.73 Å². The lowest BCUT2D eigenvalue weighted by Gasteiger charge is -2.36. The molecule has 2 aromatic rings. The molecule has 2 atom stereocenters. The van der Waals surface area contributed by atoms with Gasteiger partial charge in [0.05, 0.1) is 5.52 Å². The van der Waals surface area contributed by atoms with Crippen LogP contribution in [0.25, 0.3) is 10.9 Å². The molecular formula is C15H19N3S. The molecule has 3 nitrogen and oxygen atoms in total. The van der Waals surface area contributed by atoms with E-state index in [1.807, 2.05) is 36.2 Å². The van der Waals surface area contributed by atoms with Crippen molar-refractivity contribution in [2.75, 3.05) is 25.1 Å². The SMILES string of the molecule is CN1CCSCC1C(N)c1cnc2ccccc2c1. The van der Waals surface area contributed by atoms with Crippen LogP contribution in [0, 0.1) is 0 Å². The largest absolute Gasteiger partial charge is 0.323 e. The van der Waals surface area contributed by atoms with Gasteiger partial charge in [-0.3, -0.25) is 9.88 Å². The van der Waals surface area contributed by atoms with Gasteiger partial charge < -0.3 is 5.73 Å². The van der Waals surface area contributed by atoms with Crippen LogP contribution in [0.3, 0.4) is 0 Å². The van der Waals surface area contributed by atoms with Crippen LogP contribution >= 0.6 is 11.8 Å². The molecule has 2 N–H and O–H groups in total. The van der Waals surface area contributed by atoms with Crippen molar-refractivity contribution in [3.05, 3.63) is 42.1 Å². The number of hydrogen-bond donors (Lipinski definition) is 1. The van der Waals surface area contributed by atoms with Gasteiger partial charge in [0.1, 0.15) is 0 Å². The van der Waals surface area contributed by atoms with E-state index in [0.717, 1.165) is 23.4 Å². The summed E-state index contributed by atoms with van der Waals surface area (Å²) in [4.78, 5) is 6.89. The van der Waals surface area contributed by atoms with Crippen molar-refractivity contribution in [1.82, 2.24) is 9.88 Å². The Balaban J connectivity index is 1.90. The van der Waals surface area contributed by atoms with Gasteiger partial charge in [-0.25, -0.2) is 0 Å². The number of aromatic nitrogens is 1. The maximum Gasteiger partial charge on any atom is 0.0702 e. The minimum atomic E-state index is 0.0370. The number of nitrogens with two attached hydrogens (primary N) is 1. The topological polar surface area (TPSA) is 42.1 Å². The molecule has 1 aromatic heterocycles. The number of rotatable bonds is 2. The molecule has 1 saturated heterocycles. The van der Waals surface area contributed by atoms with Gasteiger partial charge in [0, 0.05) is 41.7 Å². The third kappa shape index (κ3) is 2.61. The van der Waals surface area contributed by atoms with Crippen molar-refractivity contribution in [3.8, 4) is 0 Å². The Bertz CT molecular complexity index is 572. The molecule has 0 radical (unpaired) electrons. The molecule has 2 unspecified atom stereocenters. The summed E-state index contributed by atoms with van der Waals surface area (Å²) in [7, 11) is 2.17. The zero-order valence-corrected chi connectivity index (χ0v) is 11.9. The summed E-state index contributed by atoms with van der Waals surface area (Å²) in [6.07, 6.45) is 1.93. The highest BCUT2D eigenvalue weighted by molar-refractivity contribution is 7.99. The average molecular weight is 273 g/mol. The normalized spacial score (nSPS) is 22.5. The molecule has 3 rings (SSSR count). The molecule has 4 heteroatoms. The van der Waals surface area contributed by atoms with Crippen LogP contribution in [-0.4, -0.2) is 41.0 Å². The van der Waals surface area contributed by atoms with E-state index in [1.165, 1.54) is 11.1 Å². The Labute approximate surface area is 118 Å². The number of benzene rings is 1. The summed E-state index contributed by atoms with van der Waals surface area (Å²) in [5.74, 6) is 2.31. The first kappa shape index (κ1) is 12.9. The predicted molar refractivity (Wildman–Crippen MR) is 82.4 cm³/mol. The van der Waals surface area contributed by atoms with E-state index < -0.39 is 0 Å². The monoisotopic (exact) mass is 273 g/mol. The number of thioether (sulfide) groups is 1.